The van der Waals surface area contributed by atoms with Crippen molar-refractivity contribution < 1.29 is 27.1 Å². The molecule has 0 bridgehead atoms. The van der Waals surface area contributed by atoms with E-state index in [1.165, 1.54) is 6.07 Å². The number of hydrogen-bond acceptors (Lipinski definition) is 3. The zero-order valence-electron chi connectivity index (χ0n) is 15.5. The van der Waals surface area contributed by atoms with Crippen LogP contribution in [-0.4, -0.2) is 13.1 Å². The van der Waals surface area contributed by atoms with Crippen LogP contribution in [0.5, 0.6) is 0 Å². The minimum absolute atomic E-state index is 0.203. The summed E-state index contributed by atoms with van der Waals surface area (Å²) in [6, 6.07) is 4.49. The van der Waals surface area contributed by atoms with Crippen LogP contribution in [0.3, 0.4) is 0 Å². The van der Waals surface area contributed by atoms with Gasteiger partial charge in [-0.05, 0) is 55.2 Å². The predicted octanol–water partition coefficient (Wildman–Crippen LogP) is 5.00. The second kappa shape index (κ2) is 7.68. The molecule has 0 spiro atoms. The molecule has 27 heavy (non-hydrogen) atoms. The first-order valence-corrected chi connectivity index (χ1v) is 8.27. The van der Waals surface area contributed by atoms with Gasteiger partial charge in [0.15, 0.2) is 0 Å². The fourth-order valence-electron chi connectivity index (χ4n) is 3.28. The molecule has 0 heterocycles. The fraction of sp³-hybridized carbons (Fsp3) is 0.350. The monoisotopic (exact) mass is 383 g/mol. The number of hydrogen-bond donors (Lipinski definition) is 1. The quantitative estimate of drug-likeness (QED) is 0.597. The lowest BCUT2D eigenvalue weighted by atomic mass is 9.89. The molecule has 2 N–H and O–H groups in total. The summed E-state index contributed by atoms with van der Waals surface area (Å²) >= 11 is 0. The van der Waals surface area contributed by atoms with E-state index in [4.69, 9.17) is 5.73 Å². The maximum Gasteiger partial charge on any atom is 0.419 e. The fourth-order valence-corrected chi connectivity index (χ4v) is 3.28. The molecule has 3 nitrogen and oxygen atoms in total. The van der Waals surface area contributed by atoms with Crippen molar-refractivity contribution in [2.24, 2.45) is 5.73 Å². The molecule has 0 amide bonds. The molecule has 0 saturated heterocycles. The van der Waals surface area contributed by atoms with E-state index in [9.17, 15) is 22.4 Å². The highest BCUT2D eigenvalue weighted by Crippen LogP contribution is 2.39. The van der Waals surface area contributed by atoms with Gasteiger partial charge in [0.05, 0.1) is 19.1 Å². The van der Waals surface area contributed by atoms with Crippen LogP contribution in [-0.2, 0) is 15.7 Å². The number of ether oxygens (including phenoxy) is 1. The number of methoxy groups -OCH3 is 1. The first-order valence-electron chi connectivity index (χ1n) is 8.27. The number of alkyl halides is 3. The zero-order chi connectivity index (χ0) is 20.5. The van der Waals surface area contributed by atoms with Crippen LogP contribution < -0.4 is 5.73 Å². The Kier molecular flexibility index (Phi) is 5.94. The van der Waals surface area contributed by atoms with Crippen LogP contribution in [0.2, 0.25) is 0 Å². The summed E-state index contributed by atoms with van der Waals surface area (Å²) in [4.78, 5) is 11.4. The van der Waals surface area contributed by atoms with Gasteiger partial charge in [-0.25, -0.2) is 4.39 Å². The Balaban J connectivity index is 2.73. The van der Waals surface area contributed by atoms with Gasteiger partial charge in [-0.2, -0.15) is 13.2 Å². The zero-order valence-corrected chi connectivity index (χ0v) is 15.5. The van der Waals surface area contributed by atoms with Crippen LogP contribution in [0.15, 0.2) is 24.3 Å². The standard InChI is InChI=1S/C20H21F4NO2/c1-10-5-11(2)18(12(3)6-10)13-7-14(16(25)9-17(26)27-4)19(21)15(8-13)20(22,23)24/h5-8,16H,9,25H2,1-4H3/t16-/m0/s1. The SMILES string of the molecule is COC(=O)C[C@H](N)c1cc(-c2c(C)cc(C)cc2C)cc(C(F)(F)F)c1F. The molecule has 0 unspecified atom stereocenters. The topological polar surface area (TPSA) is 52.3 Å². The summed E-state index contributed by atoms with van der Waals surface area (Å²) in [5.74, 6) is -2.20. The molecule has 1 atom stereocenters. The normalized spacial score (nSPS) is 12.8. The van der Waals surface area contributed by atoms with Crippen LogP contribution >= 0.6 is 0 Å². The molecule has 0 aliphatic heterocycles. The summed E-state index contributed by atoms with van der Waals surface area (Å²) in [5, 5.41) is 0. The molecule has 0 fully saturated rings. The summed E-state index contributed by atoms with van der Waals surface area (Å²) in [5.41, 5.74) is 7.32. The Hall–Kier alpha value is -2.41. The van der Waals surface area contributed by atoms with E-state index in [1.807, 2.05) is 19.1 Å². The van der Waals surface area contributed by atoms with Crippen molar-refractivity contribution in [3.63, 3.8) is 0 Å². The average molecular weight is 383 g/mol. The third-order valence-electron chi connectivity index (χ3n) is 4.39. The maximum atomic E-state index is 14.6. The van der Waals surface area contributed by atoms with Gasteiger partial charge >= 0.3 is 12.1 Å². The van der Waals surface area contributed by atoms with E-state index in [2.05, 4.69) is 4.74 Å². The summed E-state index contributed by atoms with van der Waals surface area (Å²) < 4.78 is 59.3. The van der Waals surface area contributed by atoms with Crippen LogP contribution in [0.25, 0.3) is 11.1 Å². The van der Waals surface area contributed by atoms with E-state index < -0.39 is 36.0 Å². The van der Waals surface area contributed by atoms with E-state index in [-0.39, 0.29) is 11.1 Å². The van der Waals surface area contributed by atoms with E-state index in [0.29, 0.717) is 5.56 Å². The molecular weight excluding hydrogens is 362 g/mol. The van der Waals surface area contributed by atoms with Crippen LogP contribution in [0.4, 0.5) is 17.6 Å². The highest BCUT2D eigenvalue weighted by atomic mass is 19.4. The summed E-state index contributed by atoms with van der Waals surface area (Å²) in [7, 11) is 1.13. The van der Waals surface area contributed by atoms with E-state index >= 15 is 0 Å². The lowest BCUT2D eigenvalue weighted by Crippen LogP contribution is -2.20. The molecule has 7 heteroatoms. The van der Waals surface area contributed by atoms with Crippen LogP contribution in [0.1, 0.15) is 40.3 Å². The third kappa shape index (κ3) is 4.47. The number of esters is 1. The first kappa shape index (κ1) is 20.9. The number of rotatable bonds is 4. The number of carbonyl (C=O) groups excluding carboxylic acids is 1. The third-order valence-corrected chi connectivity index (χ3v) is 4.39. The Morgan fingerprint density at radius 1 is 1.11 bits per heavy atom. The summed E-state index contributed by atoms with van der Waals surface area (Å²) in [6.07, 6.45) is -5.33. The van der Waals surface area contributed by atoms with E-state index in [0.717, 1.165) is 29.9 Å². The van der Waals surface area contributed by atoms with Crippen molar-refractivity contribution in [2.75, 3.05) is 7.11 Å². The molecule has 146 valence electrons. The Morgan fingerprint density at radius 2 is 1.67 bits per heavy atom. The minimum atomic E-state index is -4.90. The van der Waals surface area contributed by atoms with E-state index in [1.54, 1.807) is 13.8 Å². The minimum Gasteiger partial charge on any atom is -0.469 e. The van der Waals surface area contributed by atoms with Crippen molar-refractivity contribution >= 4 is 5.97 Å². The second-order valence-corrected chi connectivity index (χ2v) is 6.59. The van der Waals surface area contributed by atoms with Crippen molar-refractivity contribution in [3.05, 3.63) is 57.9 Å². The Labute approximate surface area is 155 Å². The van der Waals surface area contributed by atoms with Crippen molar-refractivity contribution in [1.82, 2.24) is 0 Å². The second-order valence-electron chi connectivity index (χ2n) is 6.59. The highest BCUT2D eigenvalue weighted by Gasteiger charge is 2.37. The van der Waals surface area contributed by atoms with Gasteiger partial charge < -0.3 is 10.5 Å². The molecule has 0 radical (unpaired) electrons. The molecule has 0 aliphatic rings. The molecular formula is C20H21F4NO2. The Bertz CT molecular complexity index is 852. The molecule has 2 rings (SSSR count). The van der Waals surface area contributed by atoms with Gasteiger partial charge in [-0.3, -0.25) is 4.79 Å². The maximum absolute atomic E-state index is 14.6. The van der Waals surface area contributed by atoms with Crippen molar-refractivity contribution in [1.29, 1.82) is 0 Å². The lowest BCUT2D eigenvalue weighted by molar-refractivity contribution is -0.141. The number of halogens is 4. The number of benzene rings is 2. The van der Waals surface area contributed by atoms with Gasteiger partial charge in [0.1, 0.15) is 5.82 Å². The smallest absolute Gasteiger partial charge is 0.419 e. The van der Waals surface area contributed by atoms with Crippen molar-refractivity contribution in [3.8, 4) is 11.1 Å². The number of carbonyl (C=O) groups is 1. The number of nitrogens with two attached hydrogens (primary N) is 1. The van der Waals surface area contributed by atoms with Gasteiger partial charge in [-0.15, -0.1) is 0 Å². The lowest BCUT2D eigenvalue weighted by Gasteiger charge is -2.20. The van der Waals surface area contributed by atoms with Gasteiger partial charge in [-0.1, -0.05) is 17.7 Å². The molecule has 0 saturated carbocycles. The van der Waals surface area contributed by atoms with Crippen LogP contribution in [0, 0.1) is 26.6 Å². The van der Waals surface area contributed by atoms with Gasteiger partial charge in [0.25, 0.3) is 0 Å². The predicted molar refractivity (Wildman–Crippen MR) is 94.6 cm³/mol. The summed E-state index contributed by atoms with van der Waals surface area (Å²) in [6.45, 7) is 5.44. The molecule has 2 aromatic rings. The van der Waals surface area contributed by atoms with Gasteiger partial charge in [0.2, 0.25) is 0 Å². The highest BCUT2D eigenvalue weighted by molar-refractivity contribution is 5.74. The van der Waals surface area contributed by atoms with Gasteiger partial charge in [0, 0.05) is 11.6 Å². The molecule has 0 aliphatic carbocycles. The first-order chi connectivity index (χ1) is 12.5. The number of aryl methyl sites for hydroxylation is 3. The average Bonchev–Trinajstić information content (AvgIpc) is 2.53. The Morgan fingerprint density at radius 3 is 2.15 bits per heavy atom. The molecule has 2 aromatic carbocycles. The van der Waals surface area contributed by atoms with Crippen molar-refractivity contribution in [2.45, 2.75) is 39.4 Å². The molecule has 0 aromatic heterocycles. The largest absolute Gasteiger partial charge is 0.469 e.